The number of hydrogen-bond acceptors (Lipinski definition) is 7. The van der Waals surface area contributed by atoms with E-state index in [0.717, 1.165) is 0 Å². The molecule has 0 spiro atoms. The Kier molecular flexibility index (Phi) is 5.60. The predicted molar refractivity (Wildman–Crippen MR) is 102 cm³/mol. The summed E-state index contributed by atoms with van der Waals surface area (Å²) in [5.74, 6) is 2.04. The van der Waals surface area contributed by atoms with Gasteiger partial charge < -0.3 is 20.1 Å². The third kappa shape index (κ3) is 4.25. The van der Waals surface area contributed by atoms with Crippen LogP contribution in [0.25, 0.3) is 0 Å². The Morgan fingerprint density at radius 1 is 0.923 bits per heavy atom. The molecule has 0 aliphatic rings. The number of rotatable bonds is 6. The first-order valence-electron chi connectivity index (χ1n) is 7.50. The van der Waals surface area contributed by atoms with Crippen LogP contribution < -0.4 is 20.1 Å². The third-order valence-electron chi connectivity index (χ3n) is 3.41. The van der Waals surface area contributed by atoms with Crippen molar-refractivity contribution in [2.45, 2.75) is 0 Å². The van der Waals surface area contributed by atoms with Gasteiger partial charge in [0.1, 0.15) is 11.5 Å². The average Bonchev–Trinajstić information content (AvgIpc) is 2.64. The van der Waals surface area contributed by atoms with E-state index in [1.54, 1.807) is 50.6 Å². The van der Waals surface area contributed by atoms with E-state index in [2.05, 4.69) is 25.8 Å². The molecule has 0 radical (unpaired) electrons. The highest BCUT2D eigenvalue weighted by atomic mass is 35.5. The molecule has 0 amide bonds. The van der Waals surface area contributed by atoms with Gasteiger partial charge in [0.05, 0.1) is 36.8 Å². The van der Waals surface area contributed by atoms with E-state index in [4.69, 9.17) is 32.7 Å². The van der Waals surface area contributed by atoms with Gasteiger partial charge in [-0.2, -0.15) is 10.1 Å². The highest BCUT2D eigenvalue weighted by Crippen LogP contribution is 2.31. The second-order valence-corrected chi connectivity index (χ2v) is 5.95. The van der Waals surface area contributed by atoms with Crippen molar-refractivity contribution in [2.24, 2.45) is 0 Å². The van der Waals surface area contributed by atoms with Crippen molar-refractivity contribution in [1.29, 1.82) is 0 Å². The van der Waals surface area contributed by atoms with Crippen molar-refractivity contribution in [1.82, 2.24) is 15.2 Å². The van der Waals surface area contributed by atoms with Gasteiger partial charge in [0, 0.05) is 11.1 Å². The maximum absolute atomic E-state index is 6.17. The molecule has 26 heavy (non-hydrogen) atoms. The summed E-state index contributed by atoms with van der Waals surface area (Å²) in [5, 5.41) is 15.1. The van der Waals surface area contributed by atoms with Crippen LogP contribution >= 0.6 is 23.2 Å². The maximum atomic E-state index is 6.17. The van der Waals surface area contributed by atoms with Crippen LogP contribution in [-0.2, 0) is 0 Å². The Morgan fingerprint density at radius 2 is 1.77 bits per heavy atom. The normalized spacial score (nSPS) is 10.3. The molecule has 0 saturated carbocycles. The fraction of sp³-hybridized carbons (Fsp3) is 0.118. The fourth-order valence-corrected chi connectivity index (χ4v) is 2.63. The molecule has 0 fully saturated rings. The van der Waals surface area contributed by atoms with Crippen molar-refractivity contribution in [3.63, 3.8) is 0 Å². The molecular formula is C17H15Cl2N5O2. The predicted octanol–water partition coefficient (Wildman–Crippen LogP) is 4.68. The molecule has 0 saturated heterocycles. The van der Waals surface area contributed by atoms with Gasteiger partial charge in [0.2, 0.25) is 5.95 Å². The van der Waals surface area contributed by atoms with Crippen LogP contribution in [0.1, 0.15) is 0 Å². The Hall–Kier alpha value is -2.77. The van der Waals surface area contributed by atoms with Crippen molar-refractivity contribution < 1.29 is 9.47 Å². The molecule has 9 heteroatoms. The van der Waals surface area contributed by atoms with Crippen LogP contribution in [0.4, 0.5) is 23.1 Å². The zero-order chi connectivity index (χ0) is 18.5. The number of aromatic nitrogens is 3. The van der Waals surface area contributed by atoms with Gasteiger partial charge in [0.15, 0.2) is 5.82 Å². The second kappa shape index (κ2) is 8.07. The molecule has 0 bridgehead atoms. The Balaban J connectivity index is 1.84. The highest BCUT2D eigenvalue weighted by Gasteiger charge is 2.09. The lowest BCUT2D eigenvalue weighted by Gasteiger charge is -2.12. The summed E-state index contributed by atoms with van der Waals surface area (Å²) < 4.78 is 10.6. The van der Waals surface area contributed by atoms with E-state index in [1.807, 2.05) is 0 Å². The number of nitrogens with zero attached hydrogens (tertiary/aromatic N) is 3. The largest absolute Gasteiger partial charge is 0.497 e. The van der Waals surface area contributed by atoms with Crippen LogP contribution in [0.15, 0.2) is 42.6 Å². The van der Waals surface area contributed by atoms with E-state index >= 15 is 0 Å². The molecule has 0 aliphatic heterocycles. The van der Waals surface area contributed by atoms with E-state index in [-0.39, 0.29) is 5.95 Å². The number of anilines is 4. The summed E-state index contributed by atoms with van der Waals surface area (Å²) >= 11 is 12.1. The Bertz CT molecular complexity index is 923. The SMILES string of the molecule is COc1ccc(OC)c(Nc2nncc(Nc3ccc(Cl)cc3Cl)n2)c1. The lowest BCUT2D eigenvalue weighted by molar-refractivity contribution is 0.405. The van der Waals surface area contributed by atoms with Gasteiger partial charge in [-0.3, -0.25) is 0 Å². The van der Waals surface area contributed by atoms with Crippen molar-refractivity contribution in [3.8, 4) is 11.5 Å². The number of ether oxygens (including phenoxy) is 2. The van der Waals surface area contributed by atoms with Crippen molar-refractivity contribution in [2.75, 3.05) is 24.9 Å². The van der Waals surface area contributed by atoms with Crippen LogP contribution in [-0.4, -0.2) is 29.4 Å². The minimum Gasteiger partial charge on any atom is -0.497 e. The van der Waals surface area contributed by atoms with Gasteiger partial charge >= 0.3 is 0 Å². The lowest BCUT2D eigenvalue weighted by atomic mass is 10.2. The van der Waals surface area contributed by atoms with Crippen LogP contribution in [0, 0.1) is 0 Å². The van der Waals surface area contributed by atoms with Crippen LogP contribution in [0.5, 0.6) is 11.5 Å². The number of halogens is 2. The van der Waals surface area contributed by atoms with Crippen molar-refractivity contribution >= 4 is 46.3 Å². The first kappa shape index (κ1) is 18.0. The summed E-state index contributed by atoms with van der Waals surface area (Å²) in [6.07, 6.45) is 1.49. The van der Waals surface area contributed by atoms with Gasteiger partial charge in [-0.05, 0) is 30.3 Å². The topological polar surface area (TPSA) is 81.2 Å². The number of hydrogen-bond donors (Lipinski definition) is 2. The van der Waals surface area contributed by atoms with Crippen LogP contribution in [0.3, 0.4) is 0 Å². The number of benzene rings is 2. The van der Waals surface area contributed by atoms with E-state index in [0.29, 0.717) is 38.7 Å². The van der Waals surface area contributed by atoms with Gasteiger partial charge in [-0.25, -0.2) is 0 Å². The Morgan fingerprint density at radius 3 is 2.50 bits per heavy atom. The molecule has 2 N–H and O–H groups in total. The average molecular weight is 392 g/mol. The maximum Gasteiger partial charge on any atom is 0.249 e. The minimum atomic E-state index is 0.284. The molecule has 0 atom stereocenters. The highest BCUT2D eigenvalue weighted by molar-refractivity contribution is 6.36. The van der Waals surface area contributed by atoms with Crippen LogP contribution in [0.2, 0.25) is 10.0 Å². The summed E-state index contributed by atoms with van der Waals surface area (Å²) in [5.41, 5.74) is 1.30. The van der Waals surface area contributed by atoms with Gasteiger partial charge in [-0.1, -0.05) is 23.2 Å². The molecule has 1 aromatic heterocycles. The summed E-state index contributed by atoms with van der Waals surface area (Å²) in [6, 6.07) is 10.5. The first-order valence-corrected chi connectivity index (χ1v) is 8.25. The van der Waals surface area contributed by atoms with Gasteiger partial charge in [0.25, 0.3) is 0 Å². The third-order valence-corrected chi connectivity index (χ3v) is 3.95. The minimum absolute atomic E-state index is 0.284. The van der Waals surface area contributed by atoms with E-state index in [9.17, 15) is 0 Å². The standard InChI is InChI=1S/C17H15Cl2N5O2/c1-25-11-4-6-15(26-2)14(8-11)22-17-23-16(9-20-24-17)21-13-5-3-10(18)7-12(13)19/h3-9H,1-2H3,(H2,21,22,23,24). The molecule has 134 valence electrons. The lowest BCUT2D eigenvalue weighted by Crippen LogP contribution is -2.03. The molecule has 1 heterocycles. The quantitative estimate of drug-likeness (QED) is 0.630. The zero-order valence-corrected chi connectivity index (χ0v) is 15.5. The molecule has 2 aromatic carbocycles. The molecule has 0 unspecified atom stereocenters. The van der Waals surface area contributed by atoms with Crippen molar-refractivity contribution in [3.05, 3.63) is 52.6 Å². The number of methoxy groups -OCH3 is 2. The molecule has 3 rings (SSSR count). The molecule has 0 aliphatic carbocycles. The monoisotopic (exact) mass is 391 g/mol. The summed E-state index contributed by atoms with van der Waals surface area (Å²) in [7, 11) is 3.16. The fourth-order valence-electron chi connectivity index (χ4n) is 2.18. The van der Waals surface area contributed by atoms with E-state index < -0.39 is 0 Å². The summed E-state index contributed by atoms with van der Waals surface area (Å²) in [4.78, 5) is 4.37. The smallest absolute Gasteiger partial charge is 0.249 e. The second-order valence-electron chi connectivity index (χ2n) is 5.11. The first-order chi connectivity index (χ1) is 12.6. The zero-order valence-electron chi connectivity index (χ0n) is 14.0. The number of nitrogens with one attached hydrogen (secondary N) is 2. The van der Waals surface area contributed by atoms with E-state index in [1.165, 1.54) is 6.20 Å². The van der Waals surface area contributed by atoms with Gasteiger partial charge in [-0.15, -0.1) is 5.10 Å². The Labute approximate surface area is 160 Å². The molecular weight excluding hydrogens is 377 g/mol. The summed E-state index contributed by atoms with van der Waals surface area (Å²) in [6.45, 7) is 0. The molecule has 3 aromatic rings. The molecule has 7 nitrogen and oxygen atoms in total.